The molecule has 1 aromatic heterocycles. The third-order valence-corrected chi connectivity index (χ3v) is 7.85. The van der Waals surface area contributed by atoms with E-state index in [1.165, 1.54) is 10.8 Å². The van der Waals surface area contributed by atoms with Gasteiger partial charge in [0.2, 0.25) is 5.43 Å². The number of aromatic hydroxyl groups is 1. The first-order chi connectivity index (χ1) is 15.3. The number of halogens is 3. The van der Waals surface area contributed by atoms with Crippen LogP contribution in [0.15, 0.2) is 23.1 Å². The zero-order valence-corrected chi connectivity index (χ0v) is 19.1. The van der Waals surface area contributed by atoms with Crippen LogP contribution >= 0.6 is 22.6 Å². The SMILES string of the molecule is O=C(NCc1c(F)cc(F)cc1I)c1cn2c(c(O)c1=O)C(=O)N1C3CCC(CC3)[C@@H]1C2. The van der Waals surface area contributed by atoms with Crippen molar-refractivity contribution in [3.05, 3.63) is 60.6 Å². The molecule has 0 unspecified atom stereocenters. The fourth-order valence-corrected chi connectivity index (χ4v) is 6.07. The fraction of sp³-hybridized carbons (Fsp3) is 0.409. The van der Waals surface area contributed by atoms with E-state index in [1.807, 2.05) is 4.90 Å². The molecule has 1 saturated carbocycles. The zero-order chi connectivity index (χ0) is 22.7. The van der Waals surface area contributed by atoms with Crippen LogP contribution < -0.4 is 10.7 Å². The van der Waals surface area contributed by atoms with Crippen molar-refractivity contribution in [3.63, 3.8) is 0 Å². The van der Waals surface area contributed by atoms with Crippen molar-refractivity contribution in [2.45, 2.75) is 50.9 Å². The Hall–Kier alpha value is -2.50. The highest BCUT2D eigenvalue weighted by atomic mass is 127. The first kappa shape index (κ1) is 21.4. The van der Waals surface area contributed by atoms with Gasteiger partial charge in [-0.3, -0.25) is 14.4 Å². The average molecular weight is 555 g/mol. The molecule has 1 atom stereocenters. The molecule has 168 valence electrons. The number of fused-ring (bicyclic) bond motifs is 3. The van der Waals surface area contributed by atoms with Crippen molar-refractivity contribution >= 4 is 34.4 Å². The number of nitrogens with zero attached hydrogens (tertiary/aromatic N) is 2. The maximum Gasteiger partial charge on any atom is 0.275 e. The minimum absolute atomic E-state index is 0.0183. The first-order valence-electron chi connectivity index (χ1n) is 10.5. The second-order valence-electron chi connectivity index (χ2n) is 8.60. The van der Waals surface area contributed by atoms with Gasteiger partial charge in [0, 0.05) is 40.5 Å². The summed E-state index contributed by atoms with van der Waals surface area (Å²) in [4.78, 5) is 40.4. The number of amides is 2. The maximum atomic E-state index is 14.1. The molecule has 4 aliphatic rings. The number of hydrogen-bond acceptors (Lipinski definition) is 4. The summed E-state index contributed by atoms with van der Waals surface area (Å²) in [7, 11) is 0. The number of aromatic nitrogens is 1. The van der Waals surface area contributed by atoms with E-state index in [2.05, 4.69) is 5.32 Å². The maximum absolute atomic E-state index is 14.1. The molecule has 0 spiro atoms. The second kappa shape index (κ2) is 7.82. The number of carbonyl (C=O) groups is 2. The Labute approximate surface area is 195 Å². The topological polar surface area (TPSA) is 91.6 Å². The highest BCUT2D eigenvalue weighted by Gasteiger charge is 2.48. The molecule has 1 aliphatic carbocycles. The summed E-state index contributed by atoms with van der Waals surface area (Å²) in [5, 5.41) is 13.0. The van der Waals surface area contributed by atoms with Crippen LogP contribution in [0.1, 0.15) is 52.1 Å². The summed E-state index contributed by atoms with van der Waals surface area (Å²) in [6.07, 6.45) is 5.23. The lowest BCUT2D eigenvalue weighted by Gasteiger charge is -2.53. The molecule has 3 aliphatic heterocycles. The lowest BCUT2D eigenvalue weighted by atomic mass is 9.73. The number of carbonyl (C=O) groups excluding carboxylic acids is 2. The van der Waals surface area contributed by atoms with Gasteiger partial charge < -0.3 is 19.9 Å². The molecule has 2 N–H and O–H groups in total. The Bertz CT molecular complexity index is 1180. The quantitative estimate of drug-likeness (QED) is 0.571. The molecule has 10 heteroatoms. The molecule has 4 heterocycles. The molecule has 32 heavy (non-hydrogen) atoms. The molecule has 2 aromatic rings. The average Bonchev–Trinajstić information content (AvgIpc) is 2.75. The zero-order valence-electron chi connectivity index (χ0n) is 16.9. The highest BCUT2D eigenvalue weighted by Crippen LogP contribution is 2.43. The van der Waals surface area contributed by atoms with Gasteiger partial charge in [-0.2, -0.15) is 0 Å². The Kier molecular flexibility index (Phi) is 5.22. The van der Waals surface area contributed by atoms with Crippen LogP contribution in [0.5, 0.6) is 5.75 Å². The van der Waals surface area contributed by atoms with E-state index in [1.54, 1.807) is 22.6 Å². The molecular weight excluding hydrogens is 535 g/mol. The molecular formula is C22H20F2IN3O4. The van der Waals surface area contributed by atoms with Gasteiger partial charge in [-0.25, -0.2) is 8.78 Å². The molecule has 2 bridgehead atoms. The molecule has 0 radical (unpaired) electrons. The molecule has 2 amide bonds. The molecule has 6 rings (SSSR count). The van der Waals surface area contributed by atoms with E-state index in [-0.39, 0.29) is 41.4 Å². The third-order valence-electron chi connectivity index (χ3n) is 6.89. The number of piperidine rings is 2. The Morgan fingerprint density at radius 3 is 2.59 bits per heavy atom. The van der Waals surface area contributed by atoms with Gasteiger partial charge in [0.05, 0.1) is 6.04 Å². The first-order valence-corrected chi connectivity index (χ1v) is 11.5. The smallest absolute Gasteiger partial charge is 0.275 e. The van der Waals surface area contributed by atoms with Crippen molar-refractivity contribution in [2.75, 3.05) is 0 Å². The van der Waals surface area contributed by atoms with Crippen LogP contribution in [-0.4, -0.2) is 38.5 Å². The van der Waals surface area contributed by atoms with Gasteiger partial charge in [-0.05, 0) is 60.3 Å². The van der Waals surface area contributed by atoms with Crippen molar-refractivity contribution in [1.29, 1.82) is 0 Å². The number of pyridine rings is 1. The van der Waals surface area contributed by atoms with E-state index in [0.717, 1.165) is 37.8 Å². The Morgan fingerprint density at radius 1 is 1.19 bits per heavy atom. The Balaban J connectivity index is 1.45. The van der Waals surface area contributed by atoms with Crippen molar-refractivity contribution < 1.29 is 23.5 Å². The number of benzene rings is 1. The minimum Gasteiger partial charge on any atom is -0.503 e. The van der Waals surface area contributed by atoms with E-state index in [0.29, 0.717) is 16.0 Å². The predicted octanol–water partition coefficient (Wildman–Crippen LogP) is 2.76. The number of hydrogen-bond donors (Lipinski definition) is 2. The van der Waals surface area contributed by atoms with Gasteiger partial charge in [0.25, 0.3) is 11.8 Å². The normalized spacial score (nSPS) is 23.7. The molecule has 7 nitrogen and oxygen atoms in total. The monoisotopic (exact) mass is 555 g/mol. The van der Waals surface area contributed by atoms with E-state index in [4.69, 9.17) is 0 Å². The van der Waals surface area contributed by atoms with Gasteiger partial charge in [0.15, 0.2) is 11.4 Å². The summed E-state index contributed by atoms with van der Waals surface area (Å²) in [6.45, 7) is 0.144. The summed E-state index contributed by atoms with van der Waals surface area (Å²) >= 11 is 1.76. The second-order valence-corrected chi connectivity index (χ2v) is 9.76. The summed E-state index contributed by atoms with van der Waals surface area (Å²) in [5.74, 6) is -3.10. The van der Waals surface area contributed by atoms with E-state index in [9.17, 15) is 28.3 Å². The number of nitrogens with one attached hydrogen (secondary N) is 1. The van der Waals surface area contributed by atoms with Crippen LogP contribution in [0.4, 0.5) is 8.78 Å². The van der Waals surface area contributed by atoms with Crippen molar-refractivity contribution in [3.8, 4) is 5.75 Å². The van der Waals surface area contributed by atoms with Crippen molar-refractivity contribution in [2.24, 2.45) is 5.92 Å². The van der Waals surface area contributed by atoms with Crippen LogP contribution in [-0.2, 0) is 13.1 Å². The van der Waals surface area contributed by atoms with Gasteiger partial charge in [0.1, 0.15) is 17.2 Å². The van der Waals surface area contributed by atoms with E-state index >= 15 is 0 Å². The lowest BCUT2D eigenvalue weighted by molar-refractivity contribution is -0.0181. The van der Waals surface area contributed by atoms with Crippen LogP contribution in [0, 0.1) is 21.1 Å². The fourth-order valence-electron chi connectivity index (χ4n) is 5.32. The summed E-state index contributed by atoms with van der Waals surface area (Å²) < 4.78 is 29.2. The Morgan fingerprint density at radius 2 is 1.91 bits per heavy atom. The molecule has 3 fully saturated rings. The van der Waals surface area contributed by atoms with Crippen LogP contribution in [0.25, 0.3) is 0 Å². The van der Waals surface area contributed by atoms with E-state index < -0.39 is 28.7 Å². The molecule has 2 saturated heterocycles. The van der Waals surface area contributed by atoms with Gasteiger partial charge in [-0.1, -0.05) is 0 Å². The highest BCUT2D eigenvalue weighted by molar-refractivity contribution is 14.1. The summed E-state index contributed by atoms with van der Waals surface area (Å²) in [6, 6.07) is 1.96. The lowest BCUT2D eigenvalue weighted by Crippen LogP contribution is -2.61. The van der Waals surface area contributed by atoms with Crippen LogP contribution in [0.3, 0.4) is 0 Å². The minimum atomic E-state index is -0.947. The summed E-state index contributed by atoms with van der Waals surface area (Å²) in [5.41, 5.74) is -1.27. The number of rotatable bonds is 3. The van der Waals surface area contributed by atoms with Gasteiger partial charge in [-0.15, -0.1) is 0 Å². The predicted molar refractivity (Wildman–Crippen MR) is 118 cm³/mol. The largest absolute Gasteiger partial charge is 0.503 e. The van der Waals surface area contributed by atoms with Gasteiger partial charge >= 0.3 is 0 Å². The third kappa shape index (κ3) is 3.30. The van der Waals surface area contributed by atoms with Crippen LogP contribution in [0.2, 0.25) is 0 Å². The standard InChI is InChI=1S/C22H20F2IN3O4/c23-11-5-15(24)13(16(25)6-11)7-26-21(31)14-8-27-9-17-10-1-3-12(4-2-10)28(17)22(32)18(27)20(30)19(14)29/h5-6,8,10,12,17,30H,1-4,7,9H2,(H,26,31)/t10?,12?,17-/m0/s1. The molecule has 1 aromatic carbocycles. The van der Waals surface area contributed by atoms with Crippen molar-refractivity contribution in [1.82, 2.24) is 14.8 Å².